The maximum Gasteiger partial charge on any atom is 0.409 e. The van der Waals surface area contributed by atoms with Gasteiger partial charge in [0.25, 0.3) is 5.69 Å². The van der Waals surface area contributed by atoms with Crippen molar-refractivity contribution in [2.45, 2.75) is 13.8 Å². The maximum absolute atomic E-state index is 11.6. The first-order valence-electron chi connectivity index (χ1n) is 6.80. The zero-order chi connectivity index (χ0) is 15.4. The Labute approximate surface area is 122 Å². The molecule has 8 nitrogen and oxygen atoms in total. The van der Waals surface area contributed by atoms with E-state index in [1.54, 1.807) is 24.8 Å². The van der Waals surface area contributed by atoms with Gasteiger partial charge in [0, 0.05) is 31.7 Å². The van der Waals surface area contributed by atoms with Crippen LogP contribution >= 0.6 is 0 Å². The lowest BCUT2D eigenvalue weighted by Crippen LogP contribution is -2.49. The molecule has 0 atom stereocenters. The fourth-order valence-corrected chi connectivity index (χ4v) is 2.23. The van der Waals surface area contributed by atoms with Crippen LogP contribution in [-0.2, 0) is 4.74 Å². The Morgan fingerprint density at radius 2 is 2.10 bits per heavy atom. The molecule has 1 aliphatic rings. The highest BCUT2D eigenvalue weighted by Crippen LogP contribution is 2.22. The number of nitrogens with zero attached hydrogens (tertiary/aromatic N) is 4. The molecule has 0 N–H and O–H groups in total. The normalized spacial score (nSPS) is 15.0. The highest BCUT2D eigenvalue weighted by Gasteiger charge is 2.23. The number of ether oxygens (including phenoxy) is 1. The predicted octanol–water partition coefficient (Wildman–Crippen LogP) is 1.58. The fraction of sp³-hybridized carbons (Fsp3) is 0.538. The van der Waals surface area contributed by atoms with Gasteiger partial charge >= 0.3 is 6.09 Å². The average molecular weight is 294 g/mol. The summed E-state index contributed by atoms with van der Waals surface area (Å²) in [4.78, 5) is 29.8. The zero-order valence-corrected chi connectivity index (χ0v) is 12.1. The van der Waals surface area contributed by atoms with E-state index in [9.17, 15) is 14.9 Å². The first kappa shape index (κ1) is 15.0. The Morgan fingerprint density at radius 1 is 1.43 bits per heavy atom. The molecular formula is C13H18N4O4. The van der Waals surface area contributed by atoms with Crippen LogP contribution in [-0.4, -0.2) is 53.7 Å². The smallest absolute Gasteiger partial charge is 0.409 e. The number of nitro groups is 1. The van der Waals surface area contributed by atoms with Crippen LogP contribution in [0.3, 0.4) is 0 Å². The van der Waals surface area contributed by atoms with Crippen molar-refractivity contribution in [1.82, 2.24) is 9.88 Å². The minimum absolute atomic E-state index is 0.0175. The van der Waals surface area contributed by atoms with Gasteiger partial charge in [-0.05, 0) is 19.9 Å². The molecule has 2 heterocycles. The molecule has 1 amide bonds. The van der Waals surface area contributed by atoms with Crippen LogP contribution in [0.25, 0.3) is 0 Å². The molecule has 0 aliphatic carbocycles. The van der Waals surface area contributed by atoms with Gasteiger partial charge in [0.15, 0.2) is 0 Å². The van der Waals surface area contributed by atoms with Crippen molar-refractivity contribution in [3.63, 3.8) is 0 Å². The molecule has 0 aromatic carbocycles. The first-order chi connectivity index (χ1) is 10.0. The number of carbonyl (C=O) groups excluding carboxylic acids is 1. The number of rotatable bonds is 3. The molecular weight excluding hydrogens is 276 g/mol. The molecule has 1 aliphatic heterocycles. The number of hydrogen-bond donors (Lipinski definition) is 0. The van der Waals surface area contributed by atoms with Crippen LogP contribution in [0.1, 0.15) is 12.5 Å². The predicted molar refractivity (Wildman–Crippen MR) is 76.4 cm³/mol. The molecule has 2 rings (SSSR count). The number of pyridine rings is 1. The van der Waals surface area contributed by atoms with Crippen LogP contribution < -0.4 is 4.90 Å². The van der Waals surface area contributed by atoms with Gasteiger partial charge in [-0.2, -0.15) is 0 Å². The summed E-state index contributed by atoms with van der Waals surface area (Å²) >= 11 is 0. The van der Waals surface area contributed by atoms with Crippen molar-refractivity contribution in [1.29, 1.82) is 0 Å². The van der Waals surface area contributed by atoms with Crippen LogP contribution in [0.2, 0.25) is 0 Å². The van der Waals surface area contributed by atoms with Crippen molar-refractivity contribution in [3.05, 3.63) is 27.9 Å². The molecule has 21 heavy (non-hydrogen) atoms. The third-order valence-electron chi connectivity index (χ3n) is 3.40. The Hall–Kier alpha value is -2.38. The Bertz CT molecular complexity index is 541. The summed E-state index contributed by atoms with van der Waals surface area (Å²) in [5.74, 6) is 0.696. The van der Waals surface area contributed by atoms with Gasteiger partial charge in [0.05, 0.1) is 11.5 Å². The SMILES string of the molecule is CCOC(=O)N1CCN(c2cc(C)c([N+](=O)[O-])cn2)CC1. The van der Waals surface area contributed by atoms with Crippen LogP contribution in [0.15, 0.2) is 12.3 Å². The molecule has 0 spiro atoms. The molecule has 114 valence electrons. The van der Waals surface area contributed by atoms with E-state index in [1.807, 2.05) is 4.90 Å². The maximum atomic E-state index is 11.6. The van der Waals surface area contributed by atoms with Crippen molar-refractivity contribution in [3.8, 4) is 0 Å². The molecule has 0 radical (unpaired) electrons. The average Bonchev–Trinajstić information content (AvgIpc) is 2.47. The summed E-state index contributed by atoms with van der Waals surface area (Å²) in [6.07, 6.45) is 0.979. The third kappa shape index (κ3) is 3.39. The van der Waals surface area contributed by atoms with Crippen molar-refractivity contribution < 1.29 is 14.5 Å². The van der Waals surface area contributed by atoms with Crippen molar-refractivity contribution >= 4 is 17.6 Å². The van der Waals surface area contributed by atoms with Crippen LogP contribution in [0, 0.1) is 17.0 Å². The minimum Gasteiger partial charge on any atom is -0.450 e. The highest BCUT2D eigenvalue weighted by atomic mass is 16.6. The van der Waals surface area contributed by atoms with E-state index < -0.39 is 4.92 Å². The largest absolute Gasteiger partial charge is 0.450 e. The zero-order valence-electron chi connectivity index (χ0n) is 12.1. The lowest BCUT2D eigenvalue weighted by molar-refractivity contribution is -0.385. The van der Waals surface area contributed by atoms with E-state index in [0.717, 1.165) is 0 Å². The summed E-state index contributed by atoms with van der Waals surface area (Å²) in [6.45, 7) is 6.19. The van der Waals surface area contributed by atoms with E-state index in [2.05, 4.69) is 4.98 Å². The van der Waals surface area contributed by atoms with Gasteiger partial charge in [-0.1, -0.05) is 0 Å². The van der Waals surface area contributed by atoms with Gasteiger partial charge < -0.3 is 14.5 Å². The Kier molecular flexibility index (Phi) is 4.56. The standard InChI is InChI=1S/C13H18N4O4/c1-3-21-13(18)16-6-4-15(5-7-16)12-8-10(2)11(9-14-12)17(19)20/h8-9H,3-7H2,1-2H3. The van der Waals surface area contributed by atoms with Gasteiger partial charge in [-0.25, -0.2) is 9.78 Å². The van der Waals surface area contributed by atoms with E-state index in [0.29, 0.717) is 44.2 Å². The summed E-state index contributed by atoms with van der Waals surface area (Å²) in [7, 11) is 0. The second-order valence-corrected chi connectivity index (χ2v) is 4.76. The second-order valence-electron chi connectivity index (χ2n) is 4.76. The van der Waals surface area contributed by atoms with Gasteiger partial charge in [0.1, 0.15) is 12.0 Å². The molecule has 0 bridgehead atoms. The number of carbonyl (C=O) groups is 1. The Morgan fingerprint density at radius 3 is 2.62 bits per heavy atom. The number of piperazine rings is 1. The third-order valence-corrected chi connectivity index (χ3v) is 3.40. The lowest BCUT2D eigenvalue weighted by atomic mass is 10.2. The van der Waals surface area contributed by atoms with E-state index in [4.69, 9.17) is 4.74 Å². The van der Waals surface area contributed by atoms with Crippen LogP contribution in [0.5, 0.6) is 0 Å². The molecule has 8 heteroatoms. The lowest BCUT2D eigenvalue weighted by Gasteiger charge is -2.34. The Balaban J connectivity index is 2.01. The van der Waals surface area contributed by atoms with E-state index in [-0.39, 0.29) is 11.8 Å². The highest BCUT2D eigenvalue weighted by molar-refractivity contribution is 5.68. The molecule has 0 saturated carbocycles. The summed E-state index contributed by atoms with van der Waals surface area (Å²) < 4.78 is 4.96. The van der Waals surface area contributed by atoms with Gasteiger partial charge in [-0.3, -0.25) is 10.1 Å². The first-order valence-corrected chi connectivity index (χ1v) is 6.80. The van der Waals surface area contributed by atoms with Crippen molar-refractivity contribution in [2.75, 3.05) is 37.7 Å². The number of aromatic nitrogens is 1. The molecule has 1 saturated heterocycles. The van der Waals surface area contributed by atoms with Gasteiger partial charge in [-0.15, -0.1) is 0 Å². The second kappa shape index (κ2) is 6.38. The van der Waals surface area contributed by atoms with Crippen molar-refractivity contribution in [2.24, 2.45) is 0 Å². The number of amides is 1. The van der Waals surface area contributed by atoms with E-state index in [1.165, 1.54) is 6.20 Å². The summed E-state index contributed by atoms with van der Waals surface area (Å²) in [6, 6.07) is 1.71. The fourth-order valence-electron chi connectivity index (χ4n) is 2.23. The quantitative estimate of drug-likeness (QED) is 0.621. The topological polar surface area (TPSA) is 88.8 Å². The molecule has 0 unspecified atom stereocenters. The molecule has 1 aromatic heterocycles. The van der Waals surface area contributed by atoms with Gasteiger partial charge in [0.2, 0.25) is 0 Å². The van der Waals surface area contributed by atoms with E-state index >= 15 is 0 Å². The minimum atomic E-state index is -0.440. The number of anilines is 1. The number of hydrogen-bond acceptors (Lipinski definition) is 6. The monoisotopic (exact) mass is 294 g/mol. The molecule has 1 aromatic rings. The van der Waals surface area contributed by atoms with Crippen LogP contribution in [0.4, 0.5) is 16.3 Å². The summed E-state index contributed by atoms with van der Waals surface area (Å²) in [5, 5.41) is 10.8. The summed E-state index contributed by atoms with van der Waals surface area (Å²) in [5.41, 5.74) is 0.599. The molecule has 1 fully saturated rings. The number of aryl methyl sites for hydroxylation is 1.